The number of pyridine rings is 1. The van der Waals surface area contributed by atoms with Gasteiger partial charge in [0.15, 0.2) is 0 Å². The highest BCUT2D eigenvalue weighted by atomic mass is 16.6. The highest BCUT2D eigenvalue weighted by Crippen LogP contribution is 2.29. The number of anilines is 1. The van der Waals surface area contributed by atoms with Gasteiger partial charge in [0, 0.05) is 93.1 Å². The molecule has 2 aromatic rings. The van der Waals surface area contributed by atoms with Crippen LogP contribution in [0.25, 0.3) is 6.08 Å². The summed E-state index contributed by atoms with van der Waals surface area (Å²) in [7, 11) is 0. The van der Waals surface area contributed by atoms with Crippen LogP contribution in [-0.4, -0.2) is 173 Å². The van der Waals surface area contributed by atoms with E-state index in [0.717, 1.165) is 29.0 Å². The summed E-state index contributed by atoms with van der Waals surface area (Å²) in [5.74, 6) is -1.22. The number of carbonyl (C=O) groups excluding carboxylic acids is 6. The van der Waals surface area contributed by atoms with E-state index in [1.165, 1.54) is 12.2 Å². The van der Waals surface area contributed by atoms with E-state index in [4.69, 9.17) is 34.2 Å². The number of imide groups is 1. The monoisotopic (exact) mass is 946 g/mol. The van der Waals surface area contributed by atoms with E-state index in [9.17, 15) is 28.8 Å². The summed E-state index contributed by atoms with van der Waals surface area (Å²) in [6.45, 7) is 11.1. The van der Waals surface area contributed by atoms with Crippen LogP contribution in [0.5, 0.6) is 0 Å². The highest BCUT2D eigenvalue weighted by molar-refractivity contribution is 6.13. The molecular weight excluding hydrogens is 881 g/mol. The van der Waals surface area contributed by atoms with Gasteiger partial charge in [0.2, 0.25) is 17.7 Å². The van der Waals surface area contributed by atoms with Crippen LogP contribution in [0.1, 0.15) is 73.1 Å². The first-order chi connectivity index (χ1) is 33.1. The Balaban J connectivity index is 0.858. The number of amidine groups is 1. The molecule has 0 spiro atoms. The van der Waals surface area contributed by atoms with Gasteiger partial charge in [-0.15, -0.1) is 0 Å². The van der Waals surface area contributed by atoms with Crippen molar-refractivity contribution >= 4 is 58.7 Å². The summed E-state index contributed by atoms with van der Waals surface area (Å²) < 4.78 is 33.1. The first-order valence-electron chi connectivity index (χ1n) is 23.4. The smallest absolute Gasteiger partial charge is 0.255 e. The molecule has 0 saturated heterocycles. The first kappa shape index (κ1) is 53.1. The molecule has 0 atom stereocenters. The lowest BCUT2D eigenvalue weighted by Gasteiger charge is -2.28. The number of amides is 6. The quantitative estimate of drug-likeness (QED) is 0.0728. The molecule has 0 bridgehead atoms. The van der Waals surface area contributed by atoms with Crippen molar-refractivity contribution < 1.29 is 57.2 Å². The number of carbonyl (C=O) groups is 6. The van der Waals surface area contributed by atoms with Crippen LogP contribution in [0.3, 0.4) is 0 Å². The summed E-state index contributed by atoms with van der Waals surface area (Å²) >= 11 is 0. The number of hydrogen-bond acceptors (Lipinski definition) is 15. The molecule has 0 radical (unpaired) electrons. The summed E-state index contributed by atoms with van der Waals surface area (Å²) in [6, 6.07) is 6.99. The summed E-state index contributed by atoms with van der Waals surface area (Å²) in [5.41, 5.74) is 10.7. The van der Waals surface area contributed by atoms with E-state index in [1.807, 2.05) is 30.9 Å². The Hall–Kier alpha value is -5.90. The van der Waals surface area contributed by atoms with Crippen molar-refractivity contribution in [3.63, 3.8) is 0 Å². The largest absolute Gasteiger partial charge is 0.387 e. The predicted octanol–water partition coefficient (Wildman–Crippen LogP) is 2.56. The van der Waals surface area contributed by atoms with Crippen LogP contribution >= 0.6 is 0 Å². The minimum atomic E-state index is -0.409. The van der Waals surface area contributed by atoms with E-state index in [1.54, 1.807) is 29.3 Å². The predicted molar refractivity (Wildman–Crippen MR) is 252 cm³/mol. The molecule has 370 valence electrons. The number of rotatable bonds is 31. The third kappa shape index (κ3) is 17.6. The molecule has 20 heteroatoms. The number of fused-ring (bicyclic) bond motifs is 2. The molecule has 1 aromatic carbocycles. The zero-order chi connectivity index (χ0) is 48.5. The molecule has 0 saturated carbocycles. The maximum atomic E-state index is 13.4. The van der Waals surface area contributed by atoms with E-state index >= 15 is 0 Å². The standard InChI is InChI=1S/C48H66N8O12/c1-3-13-54(14-4-2)48(62)37-29-35-5-6-36(31-41(35)53-42(49)32-37)47(61)52-39-30-38-34-55(15-9-40(38)51-33-39)44(58)11-17-63-19-21-65-23-25-67-27-28-68-26-24-66-22-20-64-18-12-50-43(57)10-16-56-45(59)7-8-46(56)60/h5-8,29-31,33H,3-4,9-28,32,34H2,1-2H3,(H2,49,53)(H,50,57)(H,52,61). The molecule has 0 fully saturated rings. The Labute approximate surface area is 397 Å². The van der Waals surface area contributed by atoms with Gasteiger partial charge in [-0.25, -0.2) is 4.99 Å². The summed E-state index contributed by atoms with van der Waals surface area (Å²) in [5, 5.41) is 5.60. The molecule has 6 amide bonds. The molecule has 0 unspecified atom stereocenters. The number of aromatic nitrogens is 1. The van der Waals surface area contributed by atoms with E-state index < -0.39 is 11.8 Å². The number of nitrogens with two attached hydrogens (primary N) is 1. The Kier molecular flexibility index (Phi) is 22.7. The highest BCUT2D eigenvalue weighted by Gasteiger charge is 2.25. The van der Waals surface area contributed by atoms with Crippen LogP contribution in [0.15, 0.2) is 53.2 Å². The molecule has 4 heterocycles. The van der Waals surface area contributed by atoms with Crippen molar-refractivity contribution in [2.24, 2.45) is 10.7 Å². The van der Waals surface area contributed by atoms with Crippen LogP contribution in [0, 0.1) is 0 Å². The van der Waals surface area contributed by atoms with Crippen molar-refractivity contribution in [3.05, 3.63) is 70.6 Å². The second-order valence-electron chi connectivity index (χ2n) is 16.1. The Bertz CT molecular complexity index is 2100. The SMILES string of the molecule is CCCN(CCC)C(=O)C1=Cc2ccc(C(=O)Nc3cnc4c(c3)CN(C(=O)CCOCCOCCOCCOCCOCCOCCNC(=O)CCN3C(=O)C=CC3=O)CC4)cc2N=C(N)C1. The zero-order valence-corrected chi connectivity index (χ0v) is 39.3. The van der Waals surface area contributed by atoms with Gasteiger partial charge in [-0.1, -0.05) is 19.9 Å². The van der Waals surface area contributed by atoms with Crippen molar-refractivity contribution in [3.8, 4) is 0 Å². The molecule has 0 aliphatic carbocycles. The fraction of sp³-hybridized carbons (Fsp3) is 0.542. The average molecular weight is 947 g/mol. The first-order valence-corrected chi connectivity index (χ1v) is 23.4. The maximum Gasteiger partial charge on any atom is 0.255 e. The Morgan fingerprint density at radius 1 is 0.779 bits per heavy atom. The molecule has 3 aliphatic heterocycles. The van der Waals surface area contributed by atoms with Gasteiger partial charge in [0.05, 0.1) is 103 Å². The second kappa shape index (κ2) is 29.1. The topological polar surface area (TPSA) is 243 Å². The van der Waals surface area contributed by atoms with Gasteiger partial charge in [-0.3, -0.25) is 38.7 Å². The third-order valence-corrected chi connectivity index (χ3v) is 10.8. The number of aliphatic imine (C=N–C) groups is 1. The van der Waals surface area contributed by atoms with E-state index in [2.05, 4.69) is 20.6 Å². The number of ether oxygens (including phenoxy) is 6. The average Bonchev–Trinajstić information content (AvgIpc) is 3.55. The van der Waals surface area contributed by atoms with Crippen molar-refractivity contribution in [2.75, 3.05) is 117 Å². The van der Waals surface area contributed by atoms with Crippen LogP contribution < -0.4 is 16.4 Å². The lowest BCUT2D eigenvalue weighted by Crippen LogP contribution is -2.36. The van der Waals surface area contributed by atoms with Gasteiger partial charge in [-0.05, 0) is 42.7 Å². The Morgan fingerprint density at radius 3 is 2.00 bits per heavy atom. The molecule has 68 heavy (non-hydrogen) atoms. The second-order valence-corrected chi connectivity index (χ2v) is 16.1. The Morgan fingerprint density at radius 2 is 1.38 bits per heavy atom. The van der Waals surface area contributed by atoms with E-state index in [0.29, 0.717) is 146 Å². The maximum absolute atomic E-state index is 13.4. The van der Waals surface area contributed by atoms with Gasteiger partial charge >= 0.3 is 0 Å². The molecule has 5 rings (SSSR count). The molecule has 1 aromatic heterocycles. The molecule has 3 aliphatic rings. The van der Waals surface area contributed by atoms with Gasteiger partial charge < -0.3 is 54.6 Å². The number of nitrogens with one attached hydrogen (secondary N) is 2. The fourth-order valence-corrected chi connectivity index (χ4v) is 7.37. The summed E-state index contributed by atoms with van der Waals surface area (Å²) in [4.78, 5) is 88.4. The molecule has 4 N–H and O–H groups in total. The minimum absolute atomic E-state index is 0.0327. The summed E-state index contributed by atoms with van der Waals surface area (Å²) in [6.07, 6.45) is 8.61. The molecular formula is C48H66N8O12. The lowest BCUT2D eigenvalue weighted by molar-refractivity contribution is -0.137. The normalized spacial score (nSPS) is 14.3. The van der Waals surface area contributed by atoms with Crippen LogP contribution in [0.2, 0.25) is 0 Å². The lowest BCUT2D eigenvalue weighted by atomic mass is 10.0. The number of nitrogens with zero attached hydrogens (tertiary/aromatic N) is 5. The minimum Gasteiger partial charge on any atom is -0.387 e. The van der Waals surface area contributed by atoms with Gasteiger partial charge in [-0.2, -0.15) is 0 Å². The van der Waals surface area contributed by atoms with Crippen LogP contribution in [-0.2, 0) is 65.4 Å². The van der Waals surface area contributed by atoms with Crippen molar-refractivity contribution in [2.45, 2.75) is 58.9 Å². The van der Waals surface area contributed by atoms with Gasteiger partial charge in [0.25, 0.3) is 17.7 Å². The van der Waals surface area contributed by atoms with Crippen LogP contribution in [0.4, 0.5) is 11.4 Å². The number of benzene rings is 1. The number of hydrogen-bond donors (Lipinski definition) is 3. The van der Waals surface area contributed by atoms with E-state index in [-0.39, 0.29) is 56.0 Å². The van der Waals surface area contributed by atoms with Crippen molar-refractivity contribution in [1.82, 2.24) is 25.0 Å². The fourth-order valence-electron chi connectivity index (χ4n) is 7.37. The zero-order valence-electron chi connectivity index (χ0n) is 39.3. The molecule has 20 nitrogen and oxygen atoms in total. The third-order valence-electron chi connectivity index (χ3n) is 10.8. The van der Waals surface area contributed by atoms with Crippen molar-refractivity contribution in [1.29, 1.82) is 0 Å². The van der Waals surface area contributed by atoms with Gasteiger partial charge in [0.1, 0.15) is 5.84 Å².